The van der Waals surface area contributed by atoms with Crippen LogP contribution in [0.2, 0.25) is 0 Å². The molecule has 0 aliphatic heterocycles. The quantitative estimate of drug-likeness (QED) is 0.866. The summed E-state index contributed by atoms with van der Waals surface area (Å²) < 4.78 is 23.0. The Kier molecular flexibility index (Phi) is 4.82. The summed E-state index contributed by atoms with van der Waals surface area (Å²) in [7, 11) is 0. The second kappa shape index (κ2) is 5.96. The van der Waals surface area contributed by atoms with Gasteiger partial charge in [0.1, 0.15) is 5.60 Å². The third-order valence-electron chi connectivity index (χ3n) is 1.66. The molecule has 0 saturated carbocycles. The second-order valence-corrected chi connectivity index (χ2v) is 5.44. The van der Waals surface area contributed by atoms with Gasteiger partial charge in [-0.2, -0.15) is 4.39 Å². The van der Waals surface area contributed by atoms with E-state index < -0.39 is 28.5 Å². The van der Waals surface area contributed by atoms with E-state index in [1.165, 1.54) is 0 Å². The first-order chi connectivity index (χ1) is 8.73. The molecule has 1 aromatic rings. The lowest BCUT2D eigenvalue weighted by molar-refractivity contribution is 0.0513. The van der Waals surface area contributed by atoms with Crippen molar-refractivity contribution in [2.24, 2.45) is 0 Å². The molecule has 0 bridgehead atoms. The summed E-state index contributed by atoms with van der Waals surface area (Å²) in [6.07, 6.45) is -0.767. The zero-order valence-corrected chi connectivity index (χ0v) is 11.9. The largest absolute Gasteiger partial charge is 0.461 e. The lowest BCUT2D eigenvalue weighted by Crippen LogP contribution is -2.27. The van der Waals surface area contributed by atoms with Gasteiger partial charge in [-0.3, -0.25) is 5.32 Å². The van der Waals surface area contributed by atoms with E-state index in [-0.39, 0.29) is 11.7 Å². The van der Waals surface area contributed by atoms with Gasteiger partial charge in [0.05, 0.1) is 6.61 Å². The zero-order chi connectivity index (χ0) is 14.6. The monoisotopic (exact) mass is 290 g/mol. The molecule has 0 spiro atoms. The van der Waals surface area contributed by atoms with Crippen molar-refractivity contribution >= 4 is 28.5 Å². The first kappa shape index (κ1) is 15.4. The number of amides is 1. The van der Waals surface area contributed by atoms with Crippen LogP contribution in [0.5, 0.6) is 0 Å². The summed E-state index contributed by atoms with van der Waals surface area (Å²) >= 11 is 0.532. The Labute approximate surface area is 113 Å². The number of carbonyl (C=O) groups is 2. The van der Waals surface area contributed by atoms with Crippen LogP contribution in [0.25, 0.3) is 0 Å². The van der Waals surface area contributed by atoms with Crippen molar-refractivity contribution < 1.29 is 23.5 Å². The molecule has 19 heavy (non-hydrogen) atoms. The molecule has 0 fully saturated rings. The van der Waals surface area contributed by atoms with Crippen LogP contribution < -0.4 is 5.32 Å². The van der Waals surface area contributed by atoms with Gasteiger partial charge in [0.15, 0.2) is 10.8 Å². The minimum atomic E-state index is -0.867. The number of halogens is 1. The first-order valence-electron chi connectivity index (χ1n) is 5.56. The highest BCUT2D eigenvalue weighted by Gasteiger charge is 2.22. The summed E-state index contributed by atoms with van der Waals surface area (Å²) in [6, 6.07) is 0. The Morgan fingerprint density at radius 3 is 2.58 bits per heavy atom. The number of thiazole rings is 1. The van der Waals surface area contributed by atoms with E-state index in [9.17, 15) is 14.0 Å². The molecule has 1 N–H and O–H groups in total. The van der Waals surface area contributed by atoms with Crippen molar-refractivity contribution in [1.82, 2.24) is 4.98 Å². The van der Waals surface area contributed by atoms with Crippen LogP contribution >= 0.6 is 11.3 Å². The molecule has 1 rings (SSSR count). The molecular formula is C11H15FN2O4S. The van der Waals surface area contributed by atoms with Crippen LogP contribution in [0.4, 0.5) is 14.3 Å². The fourth-order valence-electron chi connectivity index (χ4n) is 1.07. The van der Waals surface area contributed by atoms with Crippen LogP contribution in [0.1, 0.15) is 38.2 Å². The third kappa shape index (κ3) is 4.82. The van der Waals surface area contributed by atoms with E-state index in [1.54, 1.807) is 27.7 Å². The number of nitrogens with one attached hydrogen (secondary N) is 1. The predicted octanol–water partition coefficient (Wildman–Crippen LogP) is 2.81. The molecule has 0 radical (unpaired) electrons. The summed E-state index contributed by atoms with van der Waals surface area (Å²) in [5.41, 5.74) is -1.12. The molecule has 8 heteroatoms. The summed E-state index contributed by atoms with van der Waals surface area (Å²) in [5.74, 6) is -0.867. The summed E-state index contributed by atoms with van der Waals surface area (Å²) in [5, 5.41) is 1.38. The van der Waals surface area contributed by atoms with Gasteiger partial charge in [-0.05, 0) is 27.7 Å². The van der Waals surface area contributed by atoms with E-state index in [0.717, 1.165) is 0 Å². The number of hydrogen-bond acceptors (Lipinski definition) is 6. The van der Waals surface area contributed by atoms with Gasteiger partial charge in [0, 0.05) is 0 Å². The van der Waals surface area contributed by atoms with Gasteiger partial charge < -0.3 is 9.47 Å². The van der Waals surface area contributed by atoms with Crippen molar-refractivity contribution in [3.8, 4) is 0 Å². The highest BCUT2D eigenvalue weighted by molar-refractivity contribution is 7.14. The summed E-state index contributed by atoms with van der Waals surface area (Å²) in [4.78, 5) is 26.4. The highest BCUT2D eigenvalue weighted by atomic mass is 32.1. The minimum Gasteiger partial charge on any atom is -0.461 e. The molecule has 1 aromatic heterocycles. The maximum atomic E-state index is 13.4. The molecular weight excluding hydrogens is 275 g/mol. The topological polar surface area (TPSA) is 77.5 Å². The van der Waals surface area contributed by atoms with E-state index in [0.29, 0.717) is 11.3 Å². The van der Waals surface area contributed by atoms with Crippen LogP contribution in [-0.2, 0) is 9.47 Å². The number of aromatic nitrogens is 1. The first-order valence-corrected chi connectivity index (χ1v) is 6.38. The lowest BCUT2D eigenvalue weighted by Gasteiger charge is -2.18. The van der Waals surface area contributed by atoms with Crippen molar-refractivity contribution in [3.63, 3.8) is 0 Å². The Morgan fingerprint density at radius 2 is 2.05 bits per heavy atom. The number of esters is 1. The average Bonchev–Trinajstić information content (AvgIpc) is 2.56. The SMILES string of the molecule is CCOC(=O)c1nc(NC(=O)OC(C)(C)C)sc1F. The number of ether oxygens (including phenoxy) is 2. The van der Waals surface area contributed by atoms with E-state index in [2.05, 4.69) is 15.0 Å². The smallest absolute Gasteiger partial charge is 0.413 e. The molecule has 0 saturated heterocycles. The highest BCUT2D eigenvalue weighted by Crippen LogP contribution is 2.22. The lowest BCUT2D eigenvalue weighted by atomic mass is 10.2. The second-order valence-electron chi connectivity index (χ2n) is 4.49. The number of anilines is 1. The molecule has 106 valence electrons. The molecule has 0 aliphatic carbocycles. The fourth-order valence-corrected chi connectivity index (χ4v) is 1.74. The standard InChI is InChI=1S/C11H15FN2O4S/c1-5-17-8(15)6-7(12)19-9(13-6)14-10(16)18-11(2,3)4/h5H2,1-4H3,(H,13,14,16). The van der Waals surface area contributed by atoms with Crippen LogP contribution in [-0.4, -0.2) is 29.3 Å². The number of rotatable bonds is 3. The Morgan fingerprint density at radius 1 is 1.42 bits per heavy atom. The number of nitrogens with zero attached hydrogens (tertiary/aromatic N) is 1. The van der Waals surface area contributed by atoms with Crippen LogP contribution in [0, 0.1) is 5.13 Å². The molecule has 0 unspecified atom stereocenters. The van der Waals surface area contributed by atoms with E-state index in [4.69, 9.17) is 4.74 Å². The summed E-state index contributed by atoms with van der Waals surface area (Å²) in [6.45, 7) is 6.80. The van der Waals surface area contributed by atoms with Gasteiger partial charge in [-0.15, -0.1) is 0 Å². The van der Waals surface area contributed by atoms with Gasteiger partial charge in [-0.1, -0.05) is 11.3 Å². The minimum absolute atomic E-state index is 0.0604. The normalized spacial score (nSPS) is 11.0. The zero-order valence-electron chi connectivity index (χ0n) is 11.1. The number of carbonyl (C=O) groups excluding carboxylic acids is 2. The molecule has 1 heterocycles. The predicted molar refractivity (Wildman–Crippen MR) is 67.9 cm³/mol. The van der Waals surface area contributed by atoms with Gasteiger partial charge >= 0.3 is 12.1 Å². The van der Waals surface area contributed by atoms with Crippen LogP contribution in [0.15, 0.2) is 0 Å². The van der Waals surface area contributed by atoms with Gasteiger partial charge in [0.25, 0.3) is 0 Å². The van der Waals surface area contributed by atoms with Crippen LogP contribution in [0.3, 0.4) is 0 Å². The van der Waals surface area contributed by atoms with Crippen molar-refractivity contribution in [2.75, 3.05) is 11.9 Å². The van der Waals surface area contributed by atoms with Crippen molar-refractivity contribution in [3.05, 3.63) is 10.8 Å². The Hall–Kier alpha value is -1.70. The van der Waals surface area contributed by atoms with Gasteiger partial charge in [0.2, 0.25) is 5.13 Å². The fraction of sp³-hybridized carbons (Fsp3) is 0.545. The molecule has 0 aliphatic rings. The maximum absolute atomic E-state index is 13.4. The average molecular weight is 290 g/mol. The Balaban J connectivity index is 2.74. The molecule has 0 atom stereocenters. The number of hydrogen-bond donors (Lipinski definition) is 1. The Bertz CT molecular complexity index is 482. The third-order valence-corrected chi connectivity index (χ3v) is 2.42. The van der Waals surface area contributed by atoms with E-state index >= 15 is 0 Å². The van der Waals surface area contributed by atoms with Crippen molar-refractivity contribution in [1.29, 1.82) is 0 Å². The maximum Gasteiger partial charge on any atom is 0.413 e. The molecule has 1 amide bonds. The molecule has 6 nitrogen and oxygen atoms in total. The van der Waals surface area contributed by atoms with Gasteiger partial charge in [-0.25, -0.2) is 14.6 Å². The molecule has 0 aromatic carbocycles. The van der Waals surface area contributed by atoms with E-state index in [1.807, 2.05) is 0 Å². The van der Waals surface area contributed by atoms with Crippen molar-refractivity contribution in [2.45, 2.75) is 33.3 Å².